The summed E-state index contributed by atoms with van der Waals surface area (Å²) in [4.78, 5) is 0. The van der Waals surface area contributed by atoms with Crippen LogP contribution in [0.4, 0.5) is 0 Å². The second-order valence-corrected chi connectivity index (χ2v) is 4.10. The van der Waals surface area contributed by atoms with Crippen LogP contribution in [0.15, 0.2) is 29.8 Å². The number of aliphatic hydroxyl groups excluding tert-OH is 1. The lowest BCUT2D eigenvalue weighted by molar-refractivity contribution is 0.341. The van der Waals surface area contributed by atoms with Crippen molar-refractivity contribution in [3.05, 3.63) is 46.5 Å². The van der Waals surface area contributed by atoms with Crippen LogP contribution in [-0.2, 0) is 6.42 Å². The average molecular weight is 204 g/mol. The fourth-order valence-electron chi connectivity index (χ4n) is 1.82. The fourth-order valence-corrected chi connectivity index (χ4v) is 1.82. The molecular formula is C14H20O. The van der Waals surface area contributed by atoms with Gasteiger partial charge in [-0.3, -0.25) is 0 Å². The predicted molar refractivity (Wildman–Crippen MR) is 65.1 cm³/mol. The molecule has 0 saturated carbocycles. The van der Waals surface area contributed by atoms with Crippen molar-refractivity contribution in [3.8, 4) is 0 Å². The van der Waals surface area contributed by atoms with E-state index in [0.29, 0.717) is 0 Å². The van der Waals surface area contributed by atoms with E-state index in [4.69, 9.17) is 5.11 Å². The summed E-state index contributed by atoms with van der Waals surface area (Å²) in [7, 11) is 0. The van der Waals surface area contributed by atoms with Gasteiger partial charge in [-0.1, -0.05) is 29.8 Å². The standard InChI is InChI=1S/C14H20O/c1-11(9-10-15)7-8-14-12(2)5-4-6-13(14)3/h4-6,9,15H,7-8,10H2,1-3H3. The maximum absolute atomic E-state index is 8.77. The Morgan fingerprint density at radius 3 is 2.40 bits per heavy atom. The Balaban J connectivity index is 2.69. The molecule has 82 valence electrons. The minimum atomic E-state index is 0.151. The highest BCUT2D eigenvalue weighted by atomic mass is 16.2. The first kappa shape index (κ1) is 12.0. The summed E-state index contributed by atoms with van der Waals surface area (Å²) in [5, 5.41) is 8.77. The second-order valence-electron chi connectivity index (χ2n) is 4.10. The molecule has 1 heteroatoms. The van der Waals surface area contributed by atoms with Gasteiger partial charge in [-0.2, -0.15) is 0 Å². The molecule has 0 spiro atoms. The van der Waals surface area contributed by atoms with E-state index in [1.165, 1.54) is 22.3 Å². The van der Waals surface area contributed by atoms with Gasteiger partial charge in [0.05, 0.1) is 6.61 Å². The Morgan fingerprint density at radius 1 is 1.27 bits per heavy atom. The van der Waals surface area contributed by atoms with Crippen molar-refractivity contribution in [2.75, 3.05) is 6.61 Å². The van der Waals surface area contributed by atoms with E-state index in [1.807, 2.05) is 6.08 Å². The van der Waals surface area contributed by atoms with Gasteiger partial charge < -0.3 is 5.11 Å². The van der Waals surface area contributed by atoms with Crippen molar-refractivity contribution >= 4 is 0 Å². The van der Waals surface area contributed by atoms with Gasteiger partial charge in [0, 0.05) is 0 Å². The Kier molecular flexibility index (Phi) is 4.57. The normalized spacial score (nSPS) is 11.9. The lowest BCUT2D eigenvalue weighted by Crippen LogP contribution is -1.94. The number of aliphatic hydroxyl groups is 1. The molecule has 0 fully saturated rings. The second kappa shape index (κ2) is 5.72. The molecule has 0 aliphatic carbocycles. The van der Waals surface area contributed by atoms with Crippen LogP contribution in [0, 0.1) is 13.8 Å². The summed E-state index contributed by atoms with van der Waals surface area (Å²) >= 11 is 0. The Labute approximate surface area is 92.5 Å². The van der Waals surface area contributed by atoms with Crippen LogP contribution in [-0.4, -0.2) is 11.7 Å². The highest BCUT2D eigenvalue weighted by molar-refractivity contribution is 5.34. The molecule has 1 N–H and O–H groups in total. The first-order valence-corrected chi connectivity index (χ1v) is 5.46. The van der Waals surface area contributed by atoms with E-state index < -0.39 is 0 Å². The quantitative estimate of drug-likeness (QED) is 0.747. The van der Waals surface area contributed by atoms with Crippen molar-refractivity contribution < 1.29 is 5.11 Å². The Bertz CT molecular complexity index is 330. The lowest BCUT2D eigenvalue weighted by Gasteiger charge is -2.09. The molecule has 0 aliphatic heterocycles. The van der Waals surface area contributed by atoms with E-state index in [-0.39, 0.29) is 6.61 Å². The van der Waals surface area contributed by atoms with Crippen LogP contribution in [0.5, 0.6) is 0 Å². The Morgan fingerprint density at radius 2 is 1.87 bits per heavy atom. The van der Waals surface area contributed by atoms with Gasteiger partial charge in [-0.25, -0.2) is 0 Å². The van der Waals surface area contributed by atoms with E-state index in [2.05, 4.69) is 39.0 Å². The minimum absolute atomic E-state index is 0.151. The Hall–Kier alpha value is -1.08. The number of allylic oxidation sites excluding steroid dienone is 1. The van der Waals surface area contributed by atoms with Crippen LogP contribution >= 0.6 is 0 Å². The van der Waals surface area contributed by atoms with E-state index >= 15 is 0 Å². The van der Waals surface area contributed by atoms with Gasteiger partial charge in [0.1, 0.15) is 0 Å². The van der Waals surface area contributed by atoms with Crippen molar-refractivity contribution in [2.45, 2.75) is 33.6 Å². The van der Waals surface area contributed by atoms with Crippen LogP contribution < -0.4 is 0 Å². The molecule has 1 nitrogen and oxygen atoms in total. The van der Waals surface area contributed by atoms with Crippen molar-refractivity contribution in [1.29, 1.82) is 0 Å². The van der Waals surface area contributed by atoms with Gasteiger partial charge in [-0.05, 0) is 50.3 Å². The fraction of sp³-hybridized carbons (Fsp3) is 0.429. The largest absolute Gasteiger partial charge is 0.392 e. The summed E-state index contributed by atoms with van der Waals surface area (Å²) in [5.41, 5.74) is 5.45. The average Bonchev–Trinajstić information content (AvgIpc) is 2.17. The summed E-state index contributed by atoms with van der Waals surface area (Å²) in [6.45, 7) is 6.54. The molecule has 1 aromatic carbocycles. The van der Waals surface area contributed by atoms with Crippen molar-refractivity contribution in [1.82, 2.24) is 0 Å². The van der Waals surface area contributed by atoms with Crippen LogP contribution in [0.3, 0.4) is 0 Å². The van der Waals surface area contributed by atoms with Gasteiger partial charge in [0.25, 0.3) is 0 Å². The lowest BCUT2D eigenvalue weighted by atomic mass is 9.97. The predicted octanol–water partition coefficient (Wildman–Crippen LogP) is 3.17. The molecule has 0 aliphatic rings. The van der Waals surface area contributed by atoms with Crippen LogP contribution in [0.2, 0.25) is 0 Å². The third-order valence-electron chi connectivity index (χ3n) is 2.85. The number of aryl methyl sites for hydroxylation is 2. The first-order valence-electron chi connectivity index (χ1n) is 5.46. The third-order valence-corrected chi connectivity index (χ3v) is 2.85. The molecule has 0 atom stereocenters. The zero-order chi connectivity index (χ0) is 11.3. The van der Waals surface area contributed by atoms with Gasteiger partial charge in [-0.15, -0.1) is 0 Å². The SMILES string of the molecule is CC(=CCO)CCc1c(C)cccc1C. The summed E-state index contributed by atoms with van der Waals surface area (Å²) in [6, 6.07) is 6.42. The molecule has 0 unspecified atom stereocenters. The smallest absolute Gasteiger partial charge is 0.0614 e. The van der Waals surface area contributed by atoms with Crippen molar-refractivity contribution in [3.63, 3.8) is 0 Å². The van der Waals surface area contributed by atoms with Crippen LogP contribution in [0.25, 0.3) is 0 Å². The molecule has 0 amide bonds. The monoisotopic (exact) mass is 204 g/mol. The highest BCUT2D eigenvalue weighted by Gasteiger charge is 2.01. The van der Waals surface area contributed by atoms with Crippen LogP contribution in [0.1, 0.15) is 30.0 Å². The zero-order valence-corrected chi connectivity index (χ0v) is 9.88. The molecule has 15 heavy (non-hydrogen) atoms. The molecule has 0 aromatic heterocycles. The molecule has 0 radical (unpaired) electrons. The van der Waals surface area contributed by atoms with Gasteiger partial charge in [0.15, 0.2) is 0 Å². The molecule has 1 aromatic rings. The minimum Gasteiger partial charge on any atom is -0.392 e. The number of hydrogen-bond acceptors (Lipinski definition) is 1. The first-order chi connectivity index (χ1) is 7.15. The van der Waals surface area contributed by atoms with Gasteiger partial charge >= 0.3 is 0 Å². The van der Waals surface area contributed by atoms with Gasteiger partial charge in [0.2, 0.25) is 0 Å². The summed E-state index contributed by atoms with van der Waals surface area (Å²) in [5.74, 6) is 0. The van der Waals surface area contributed by atoms with E-state index in [1.54, 1.807) is 0 Å². The maximum Gasteiger partial charge on any atom is 0.0614 e. The van der Waals surface area contributed by atoms with Crippen molar-refractivity contribution in [2.24, 2.45) is 0 Å². The molecule has 0 saturated heterocycles. The van der Waals surface area contributed by atoms with E-state index in [9.17, 15) is 0 Å². The third kappa shape index (κ3) is 3.52. The summed E-state index contributed by atoms with van der Waals surface area (Å²) < 4.78 is 0. The maximum atomic E-state index is 8.77. The highest BCUT2D eigenvalue weighted by Crippen LogP contribution is 2.17. The molecule has 0 heterocycles. The number of benzene rings is 1. The number of rotatable bonds is 4. The molecule has 1 rings (SSSR count). The topological polar surface area (TPSA) is 20.2 Å². The van der Waals surface area contributed by atoms with E-state index in [0.717, 1.165) is 12.8 Å². The summed E-state index contributed by atoms with van der Waals surface area (Å²) in [6.07, 6.45) is 3.99. The number of hydrogen-bond donors (Lipinski definition) is 1. The zero-order valence-electron chi connectivity index (χ0n) is 9.88. The molecule has 0 bridgehead atoms. The molecular weight excluding hydrogens is 184 g/mol.